The lowest BCUT2D eigenvalue weighted by molar-refractivity contribution is 0.307. The molecule has 1 nitrogen and oxygen atoms in total. The molecule has 1 unspecified atom stereocenters. The molecule has 1 aromatic carbocycles. The third-order valence-corrected chi connectivity index (χ3v) is 3.91. The average molecular weight is 234 g/mol. The maximum atomic E-state index is 6.08. The average Bonchev–Trinajstić information content (AvgIpc) is 2.55. The summed E-state index contributed by atoms with van der Waals surface area (Å²) in [6.45, 7) is 4.67. The number of hydrogen-bond donors (Lipinski definition) is 1. The number of fused-ring (bicyclic) bond motifs is 3. The Morgan fingerprint density at radius 3 is 3.00 bits per heavy atom. The van der Waals surface area contributed by atoms with E-state index < -0.39 is 0 Å². The van der Waals surface area contributed by atoms with E-state index in [1.165, 1.54) is 23.4 Å². The van der Waals surface area contributed by atoms with Crippen LogP contribution in [0, 0.1) is 5.41 Å². The van der Waals surface area contributed by atoms with Gasteiger partial charge in [0, 0.05) is 22.3 Å². The first-order chi connectivity index (χ1) is 7.55. The Morgan fingerprint density at radius 1 is 1.38 bits per heavy atom. The lowest BCUT2D eigenvalue weighted by Crippen LogP contribution is -2.20. The molecule has 0 saturated carbocycles. The Bertz CT molecular complexity index is 474. The number of halogens is 1. The molecule has 0 radical (unpaired) electrons. The zero-order valence-corrected chi connectivity index (χ0v) is 10.4. The van der Waals surface area contributed by atoms with E-state index in [0.29, 0.717) is 11.3 Å². The number of anilines is 1. The third kappa shape index (κ3) is 1.54. The molecule has 2 heteroatoms. The lowest BCUT2D eigenvalue weighted by atomic mass is 9.73. The van der Waals surface area contributed by atoms with Crippen LogP contribution in [-0.4, -0.2) is 0 Å². The van der Waals surface area contributed by atoms with Gasteiger partial charge in [-0.3, -0.25) is 0 Å². The highest BCUT2D eigenvalue weighted by Crippen LogP contribution is 2.49. The maximum Gasteiger partial charge on any atom is 0.0422 e. The van der Waals surface area contributed by atoms with Gasteiger partial charge in [0.1, 0.15) is 0 Å². The molecule has 0 bridgehead atoms. The summed E-state index contributed by atoms with van der Waals surface area (Å²) in [7, 11) is 0. The van der Waals surface area contributed by atoms with Crippen LogP contribution in [0.15, 0.2) is 30.0 Å². The molecule has 16 heavy (non-hydrogen) atoms. The molecule has 0 spiro atoms. The summed E-state index contributed by atoms with van der Waals surface area (Å²) in [5.74, 6) is 0.525. The molecule has 2 aliphatic rings. The molecule has 0 aromatic heterocycles. The standard InChI is InChI=1S/C14H16ClN/c1-14(2)6-5-13-11(8-14)10-7-9(15)3-4-12(10)16-13/h3-5,7,11,16H,6,8H2,1-2H3. The predicted octanol–water partition coefficient (Wildman–Crippen LogP) is 4.55. The second-order valence-electron chi connectivity index (χ2n) is 5.64. The summed E-state index contributed by atoms with van der Waals surface area (Å²) in [6.07, 6.45) is 4.72. The van der Waals surface area contributed by atoms with Gasteiger partial charge in [-0.15, -0.1) is 0 Å². The summed E-state index contributed by atoms with van der Waals surface area (Å²) in [6, 6.07) is 6.15. The van der Waals surface area contributed by atoms with Gasteiger partial charge in [-0.05, 0) is 42.0 Å². The molecule has 1 aliphatic heterocycles. The van der Waals surface area contributed by atoms with Crippen LogP contribution in [0.2, 0.25) is 5.02 Å². The highest BCUT2D eigenvalue weighted by atomic mass is 35.5. The molecule has 1 aliphatic carbocycles. The summed E-state index contributed by atoms with van der Waals surface area (Å²) in [5, 5.41) is 4.34. The van der Waals surface area contributed by atoms with Gasteiger partial charge in [-0.25, -0.2) is 0 Å². The van der Waals surface area contributed by atoms with Crippen molar-refractivity contribution in [1.82, 2.24) is 0 Å². The van der Waals surface area contributed by atoms with Crippen LogP contribution in [0.1, 0.15) is 38.2 Å². The van der Waals surface area contributed by atoms with Crippen LogP contribution in [0.3, 0.4) is 0 Å². The smallest absolute Gasteiger partial charge is 0.0422 e. The third-order valence-electron chi connectivity index (χ3n) is 3.67. The first kappa shape index (κ1) is 10.2. The Balaban J connectivity index is 2.06. The fraction of sp³-hybridized carbons (Fsp3) is 0.429. The SMILES string of the molecule is CC1(C)CC=C2Nc3ccc(Cl)cc3C2C1. The van der Waals surface area contributed by atoms with Crippen molar-refractivity contribution < 1.29 is 0 Å². The molecule has 0 amide bonds. The topological polar surface area (TPSA) is 12.0 Å². The molecular formula is C14H16ClN. The van der Waals surface area contributed by atoms with Crippen molar-refractivity contribution in [3.8, 4) is 0 Å². The molecule has 84 valence electrons. The Hall–Kier alpha value is -0.950. The van der Waals surface area contributed by atoms with Crippen molar-refractivity contribution in [2.45, 2.75) is 32.6 Å². The van der Waals surface area contributed by atoms with Crippen LogP contribution >= 0.6 is 11.6 Å². The van der Waals surface area contributed by atoms with E-state index in [2.05, 4.69) is 37.4 Å². The number of nitrogens with one attached hydrogen (secondary N) is 1. The summed E-state index contributed by atoms with van der Waals surface area (Å²) < 4.78 is 0. The van der Waals surface area contributed by atoms with Crippen molar-refractivity contribution in [1.29, 1.82) is 0 Å². The van der Waals surface area contributed by atoms with Crippen LogP contribution < -0.4 is 5.32 Å². The van der Waals surface area contributed by atoms with Crippen molar-refractivity contribution in [2.24, 2.45) is 5.41 Å². The summed E-state index contributed by atoms with van der Waals surface area (Å²) >= 11 is 6.08. The number of allylic oxidation sites excluding steroid dienone is 2. The van der Waals surface area contributed by atoms with Gasteiger partial charge in [0.2, 0.25) is 0 Å². The van der Waals surface area contributed by atoms with Gasteiger partial charge < -0.3 is 5.32 Å². The zero-order chi connectivity index (χ0) is 11.3. The number of benzene rings is 1. The maximum absolute atomic E-state index is 6.08. The first-order valence-electron chi connectivity index (χ1n) is 5.82. The molecule has 0 fully saturated rings. The normalized spacial score (nSPS) is 25.4. The Labute approximate surface area is 102 Å². The predicted molar refractivity (Wildman–Crippen MR) is 68.9 cm³/mol. The number of rotatable bonds is 0. The van der Waals surface area contributed by atoms with Gasteiger partial charge in [0.05, 0.1) is 0 Å². The monoisotopic (exact) mass is 233 g/mol. The van der Waals surface area contributed by atoms with Crippen LogP contribution in [0.5, 0.6) is 0 Å². The number of hydrogen-bond acceptors (Lipinski definition) is 1. The van der Waals surface area contributed by atoms with E-state index in [9.17, 15) is 0 Å². The molecule has 1 aromatic rings. The fourth-order valence-corrected chi connectivity index (χ4v) is 2.96. The van der Waals surface area contributed by atoms with Crippen molar-refractivity contribution in [2.75, 3.05) is 5.32 Å². The first-order valence-corrected chi connectivity index (χ1v) is 6.19. The van der Waals surface area contributed by atoms with E-state index >= 15 is 0 Å². The second-order valence-corrected chi connectivity index (χ2v) is 6.08. The quantitative estimate of drug-likeness (QED) is 0.693. The Kier molecular flexibility index (Phi) is 2.09. The zero-order valence-electron chi connectivity index (χ0n) is 9.68. The van der Waals surface area contributed by atoms with Gasteiger partial charge in [-0.1, -0.05) is 31.5 Å². The van der Waals surface area contributed by atoms with Crippen molar-refractivity contribution >= 4 is 17.3 Å². The second kappa shape index (κ2) is 3.27. The minimum Gasteiger partial charge on any atom is -0.358 e. The van der Waals surface area contributed by atoms with Gasteiger partial charge in [0.25, 0.3) is 0 Å². The van der Waals surface area contributed by atoms with Gasteiger partial charge in [-0.2, -0.15) is 0 Å². The van der Waals surface area contributed by atoms with Crippen LogP contribution in [-0.2, 0) is 0 Å². The minimum absolute atomic E-state index is 0.403. The largest absolute Gasteiger partial charge is 0.358 e. The summed E-state index contributed by atoms with van der Waals surface area (Å²) in [4.78, 5) is 0. The van der Waals surface area contributed by atoms with Crippen molar-refractivity contribution in [3.05, 3.63) is 40.6 Å². The van der Waals surface area contributed by atoms with E-state index in [-0.39, 0.29) is 0 Å². The van der Waals surface area contributed by atoms with E-state index in [1.54, 1.807) is 0 Å². The molecule has 1 atom stereocenters. The van der Waals surface area contributed by atoms with E-state index in [4.69, 9.17) is 11.6 Å². The minimum atomic E-state index is 0.403. The van der Waals surface area contributed by atoms with Gasteiger partial charge >= 0.3 is 0 Å². The van der Waals surface area contributed by atoms with E-state index in [1.807, 2.05) is 6.07 Å². The van der Waals surface area contributed by atoms with Crippen molar-refractivity contribution in [3.63, 3.8) is 0 Å². The van der Waals surface area contributed by atoms with E-state index in [0.717, 1.165) is 11.4 Å². The lowest BCUT2D eigenvalue weighted by Gasteiger charge is -2.32. The fourth-order valence-electron chi connectivity index (χ4n) is 2.78. The summed E-state index contributed by atoms with van der Waals surface area (Å²) in [5.41, 5.74) is 4.38. The molecule has 3 rings (SSSR count). The molecule has 0 saturated heterocycles. The van der Waals surface area contributed by atoms with Gasteiger partial charge in [0.15, 0.2) is 0 Å². The Morgan fingerprint density at radius 2 is 2.19 bits per heavy atom. The molecule has 1 heterocycles. The highest BCUT2D eigenvalue weighted by molar-refractivity contribution is 6.30. The van der Waals surface area contributed by atoms with Crippen LogP contribution in [0.25, 0.3) is 0 Å². The molecular weight excluding hydrogens is 218 g/mol. The highest BCUT2D eigenvalue weighted by Gasteiger charge is 2.35. The van der Waals surface area contributed by atoms with Crippen LogP contribution in [0.4, 0.5) is 5.69 Å². The molecule has 1 N–H and O–H groups in total.